The van der Waals surface area contributed by atoms with Gasteiger partial charge in [-0.25, -0.2) is 4.63 Å². The van der Waals surface area contributed by atoms with Gasteiger partial charge in [-0.3, -0.25) is 0 Å². The zero-order valence-corrected chi connectivity index (χ0v) is 12.5. The second kappa shape index (κ2) is 6.10. The first-order valence-corrected chi connectivity index (χ1v) is 7.35. The van der Waals surface area contributed by atoms with Crippen LogP contribution < -0.4 is 5.32 Å². The molecule has 0 amide bonds. The summed E-state index contributed by atoms with van der Waals surface area (Å²) in [6.45, 7) is 6.70. The molecule has 0 atom stereocenters. The molecule has 1 N–H and O–H groups in total. The Labute approximate surface area is 123 Å². The second-order valence-electron chi connectivity index (χ2n) is 5.27. The van der Waals surface area contributed by atoms with Crippen molar-refractivity contribution in [1.29, 1.82) is 0 Å². The van der Waals surface area contributed by atoms with Gasteiger partial charge < -0.3 is 9.88 Å². The Bertz CT molecular complexity index is 729. The number of aryl methyl sites for hydroxylation is 1. The van der Waals surface area contributed by atoms with Crippen molar-refractivity contribution < 1.29 is 4.63 Å². The van der Waals surface area contributed by atoms with Crippen molar-refractivity contribution in [2.24, 2.45) is 0 Å². The number of fused-ring (bicyclic) bond motifs is 1. The third-order valence-corrected chi connectivity index (χ3v) is 3.68. The van der Waals surface area contributed by atoms with E-state index in [-0.39, 0.29) is 0 Å². The Balaban J connectivity index is 1.93. The van der Waals surface area contributed by atoms with Gasteiger partial charge in [0.2, 0.25) is 0 Å². The van der Waals surface area contributed by atoms with E-state index in [0.29, 0.717) is 6.54 Å². The lowest BCUT2D eigenvalue weighted by Gasteiger charge is -2.02. The van der Waals surface area contributed by atoms with E-state index in [1.807, 2.05) is 6.92 Å². The van der Waals surface area contributed by atoms with Crippen LogP contribution in [0.5, 0.6) is 0 Å². The molecule has 110 valence electrons. The summed E-state index contributed by atoms with van der Waals surface area (Å²) >= 11 is 0. The zero-order chi connectivity index (χ0) is 14.7. The van der Waals surface area contributed by atoms with E-state index < -0.39 is 0 Å². The molecular weight excluding hydrogens is 264 g/mol. The molecule has 0 saturated heterocycles. The van der Waals surface area contributed by atoms with E-state index in [9.17, 15) is 0 Å². The molecule has 0 bridgehead atoms. The fourth-order valence-electron chi connectivity index (χ4n) is 2.55. The van der Waals surface area contributed by atoms with Crippen molar-refractivity contribution in [2.75, 3.05) is 6.54 Å². The largest absolute Gasteiger partial charge is 0.341 e. The molecule has 1 aromatic carbocycles. The lowest BCUT2D eigenvalue weighted by Crippen LogP contribution is -2.13. The van der Waals surface area contributed by atoms with Crippen LogP contribution in [0.25, 0.3) is 10.9 Å². The van der Waals surface area contributed by atoms with Gasteiger partial charge in [0.05, 0.1) is 6.54 Å². The Morgan fingerprint density at radius 1 is 1.24 bits per heavy atom. The standard InChI is InChI=1S/C16H20N4O/c1-3-8-17-9-13-10-20(11-15-12(2)18-21-19-15)16-7-5-4-6-14(13)16/h4-7,10,17H,3,8-9,11H2,1-2H3. The molecular formula is C16H20N4O. The molecule has 0 radical (unpaired) electrons. The third-order valence-electron chi connectivity index (χ3n) is 3.68. The highest BCUT2D eigenvalue weighted by Gasteiger charge is 2.11. The number of para-hydroxylation sites is 1. The monoisotopic (exact) mass is 284 g/mol. The zero-order valence-electron chi connectivity index (χ0n) is 12.5. The smallest absolute Gasteiger partial charge is 0.127 e. The second-order valence-corrected chi connectivity index (χ2v) is 5.27. The summed E-state index contributed by atoms with van der Waals surface area (Å²) in [5.41, 5.74) is 4.25. The maximum atomic E-state index is 4.79. The van der Waals surface area contributed by atoms with Gasteiger partial charge in [0.1, 0.15) is 11.4 Å². The van der Waals surface area contributed by atoms with Gasteiger partial charge in [0, 0.05) is 23.6 Å². The van der Waals surface area contributed by atoms with E-state index in [1.165, 1.54) is 16.5 Å². The van der Waals surface area contributed by atoms with Crippen LogP contribution in [0.15, 0.2) is 35.1 Å². The fourth-order valence-corrected chi connectivity index (χ4v) is 2.55. The average Bonchev–Trinajstić information content (AvgIpc) is 3.05. The molecule has 5 nitrogen and oxygen atoms in total. The molecule has 0 aliphatic rings. The van der Waals surface area contributed by atoms with Gasteiger partial charge in [-0.2, -0.15) is 0 Å². The summed E-state index contributed by atoms with van der Waals surface area (Å²) in [6, 6.07) is 8.46. The minimum atomic E-state index is 0.684. The molecule has 3 rings (SSSR count). The minimum Gasteiger partial charge on any atom is -0.341 e. The lowest BCUT2D eigenvalue weighted by atomic mass is 10.2. The van der Waals surface area contributed by atoms with Gasteiger partial charge in [-0.1, -0.05) is 35.4 Å². The molecule has 0 spiro atoms. The molecule has 0 unspecified atom stereocenters. The van der Waals surface area contributed by atoms with Crippen LogP contribution in [0, 0.1) is 6.92 Å². The topological polar surface area (TPSA) is 55.9 Å². The predicted octanol–water partition coefficient (Wildman–Crippen LogP) is 2.88. The van der Waals surface area contributed by atoms with Crippen LogP contribution in [0.1, 0.15) is 30.3 Å². The van der Waals surface area contributed by atoms with Crippen molar-refractivity contribution in [3.05, 3.63) is 47.4 Å². The summed E-state index contributed by atoms with van der Waals surface area (Å²) in [5, 5.41) is 12.6. The number of hydrogen-bond acceptors (Lipinski definition) is 4. The van der Waals surface area contributed by atoms with Crippen LogP contribution in [0.3, 0.4) is 0 Å². The van der Waals surface area contributed by atoms with Crippen LogP contribution in [-0.2, 0) is 13.1 Å². The fraction of sp³-hybridized carbons (Fsp3) is 0.375. The number of hydrogen-bond donors (Lipinski definition) is 1. The summed E-state index contributed by atoms with van der Waals surface area (Å²) in [4.78, 5) is 0. The minimum absolute atomic E-state index is 0.684. The van der Waals surface area contributed by atoms with Crippen molar-refractivity contribution in [3.8, 4) is 0 Å². The van der Waals surface area contributed by atoms with Crippen molar-refractivity contribution >= 4 is 10.9 Å². The van der Waals surface area contributed by atoms with Crippen molar-refractivity contribution in [1.82, 2.24) is 20.2 Å². The first kappa shape index (κ1) is 13.8. The van der Waals surface area contributed by atoms with Crippen LogP contribution in [0.4, 0.5) is 0 Å². The van der Waals surface area contributed by atoms with Crippen LogP contribution in [-0.4, -0.2) is 21.4 Å². The Morgan fingerprint density at radius 3 is 2.86 bits per heavy atom. The maximum absolute atomic E-state index is 4.79. The Morgan fingerprint density at radius 2 is 2.10 bits per heavy atom. The summed E-state index contributed by atoms with van der Waals surface area (Å²) < 4.78 is 7.00. The number of rotatable bonds is 6. The molecule has 21 heavy (non-hydrogen) atoms. The Hall–Kier alpha value is -2.14. The molecule has 3 aromatic rings. The normalized spacial score (nSPS) is 11.3. The highest BCUT2D eigenvalue weighted by molar-refractivity contribution is 5.84. The maximum Gasteiger partial charge on any atom is 0.127 e. The van der Waals surface area contributed by atoms with Gasteiger partial charge in [0.25, 0.3) is 0 Å². The first-order valence-electron chi connectivity index (χ1n) is 7.35. The quantitative estimate of drug-likeness (QED) is 0.707. The van der Waals surface area contributed by atoms with E-state index >= 15 is 0 Å². The van der Waals surface area contributed by atoms with Crippen molar-refractivity contribution in [3.63, 3.8) is 0 Å². The molecule has 0 aliphatic heterocycles. The average molecular weight is 284 g/mol. The van der Waals surface area contributed by atoms with Gasteiger partial charge in [-0.15, -0.1) is 0 Å². The van der Waals surface area contributed by atoms with Crippen LogP contribution in [0.2, 0.25) is 0 Å². The molecule has 0 aliphatic carbocycles. The molecule has 0 fully saturated rings. The summed E-state index contributed by atoms with van der Waals surface area (Å²) in [6.07, 6.45) is 3.34. The third kappa shape index (κ3) is 2.83. The molecule has 2 aromatic heterocycles. The number of benzene rings is 1. The highest BCUT2D eigenvalue weighted by Crippen LogP contribution is 2.22. The van der Waals surface area contributed by atoms with Gasteiger partial charge >= 0.3 is 0 Å². The number of aromatic nitrogens is 3. The first-order chi connectivity index (χ1) is 10.3. The van der Waals surface area contributed by atoms with Crippen LogP contribution >= 0.6 is 0 Å². The number of nitrogens with zero attached hydrogens (tertiary/aromatic N) is 3. The Kier molecular flexibility index (Phi) is 4.01. The van der Waals surface area contributed by atoms with E-state index in [0.717, 1.165) is 30.9 Å². The van der Waals surface area contributed by atoms with Crippen molar-refractivity contribution in [2.45, 2.75) is 33.4 Å². The lowest BCUT2D eigenvalue weighted by molar-refractivity contribution is 0.300. The molecule has 5 heteroatoms. The number of nitrogens with one attached hydrogen (secondary N) is 1. The van der Waals surface area contributed by atoms with E-state index in [4.69, 9.17) is 4.63 Å². The van der Waals surface area contributed by atoms with E-state index in [1.54, 1.807) is 0 Å². The highest BCUT2D eigenvalue weighted by atomic mass is 16.6. The summed E-state index contributed by atoms with van der Waals surface area (Å²) in [5.74, 6) is 0. The molecule has 0 saturated carbocycles. The van der Waals surface area contributed by atoms with Gasteiger partial charge in [0.15, 0.2) is 0 Å². The predicted molar refractivity (Wildman–Crippen MR) is 82.1 cm³/mol. The van der Waals surface area contributed by atoms with E-state index in [2.05, 4.69) is 57.6 Å². The van der Waals surface area contributed by atoms with Gasteiger partial charge in [-0.05, 0) is 31.5 Å². The summed E-state index contributed by atoms with van der Waals surface area (Å²) in [7, 11) is 0. The SMILES string of the molecule is CCCNCc1cn(Cc2nonc2C)c2ccccc12. The molecule has 2 heterocycles.